The van der Waals surface area contributed by atoms with Crippen LogP contribution >= 0.6 is 0 Å². The molecule has 0 spiro atoms. The smallest absolute Gasteiger partial charge is 0.468 e. The summed E-state index contributed by atoms with van der Waals surface area (Å²) in [6, 6.07) is 9.50. The number of hydrogen-bond acceptors (Lipinski definition) is 3. The number of hydrogen-bond donors (Lipinski definition) is 1. The third-order valence-electron chi connectivity index (χ3n) is 2.77. The molecule has 0 aliphatic rings. The van der Waals surface area contributed by atoms with Crippen LogP contribution in [0.1, 0.15) is 24.3 Å². The first-order chi connectivity index (χ1) is 9.46. The highest BCUT2D eigenvalue weighted by atomic mass is 19.4. The van der Waals surface area contributed by atoms with Crippen LogP contribution in [-0.4, -0.2) is 6.36 Å². The third kappa shape index (κ3) is 4.03. The molecule has 1 heterocycles. The fraction of sp³-hybridized carbons (Fsp3) is 0.286. The van der Waals surface area contributed by atoms with E-state index < -0.39 is 6.36 Å². The Morgan fingerprint density at radius 2 is 1.95 bits per heavy atom. The molecular weight excluding hydrogens is 271 g/mol. The Labute approximate surface area is 114 Å². The summed E-state index contributed by atoms with van der Waals surface area (Å²) in [4.78, 5) is 0. The molecule has 2 rings (SSSR count). The van der Waals surface area contributed by atoms with Crippen molar-refractivity contribution >= 4 is 0 Å². The van der Waals surface area contributed by atoms with Crippen molar-refractivity contribution in [3.8, 4) is 5.75 Å². The molecular formula is C14H14F3NO2. The van der Waals surface area contributed by atoms with E-state index in [9.17, 15) is 13.2 Å². The van der Waals surface area contributed by atoms with Gasteiger partial charge in [-0.15, -0.1) is 13.2 Å². The van der Waals surface area contributed by atoms with Gasteiger partial charge < -0.3 is 14.5 Å². The van der Waals surface area contributed by atoms with Crippen molar-refractivity contribution in [3.63, 3.8) is 0 Å². The van der Waals surface area contributed by atoms with E-state index in [1.54, 1.807) is 30.5 Å². The lowest BCUT2D eigenvalue weighted by Gasteiger charge is -2.15. The van der Waals surface area contributed by atoms with Gasteiger partial charge in [0.2, 0.25) is 0 Å². The van der Waals surface area contributed by atoms with E-state index in [0.717, 1.165) is 5.76 Å². The Hall–Kier alpha value is -1.95. The maximum atomic E-state index is 12.3. The Kier molecular flexibility index (Phi) is 4.34. The van der Waals surface area contributed by atoms with E-state index in [2.05, 4.69) is 10.1 Å². The number of alkyl halides is 3. The highest BCUT2D eigenvalue weighted by molar-refractivity contribution is 5.33. The number of nitrogens with one attached hydrogen (secondary N) is 1. The van der Waals surface area contributed by atoms with Crippen molar-refractivity contribution in [1.29, 1.82) is 0 Å². The van der Waals surface area contributed by atoms with Crippen LogP contribution in [0.3, 0.4) is 0 Å². The molecule has 0 aliphatic carbocycles. The zero-order valence-electron chi connectivity index (χ0n) is 10.8. The number of para-hydroxylation sites is 1. The monoisotopic (exact) mass is 285 g/mol. The van der Waals surface area contributed by atoms with Gasteiger partial charge in [0.25, 0.3) is 0 Å². The van der Waals surface area contributed by atoms with Gasteiger partial charge >= 0.3 is 6.36 Å². The standard InChI is InChI=1S/C14H14F3NO2/c1-10(12-7-4-8-19-12)18-9-11-5-2-3-6-13(11)20-14(15,16)17/h2-8,10,18H,9H2,1H3/t10-/m1/s1. The molecule has 20 heavy (non-hydrogen) atoms. The molecule has 0 fully saturated rings. The van der Waals surface area contributed by atoms with E-state index in [0.29, 0.717) is 5.56 Å². The van der Waals surface area contributed by atoms with E-state index in [4.69, 9.17) is 4.42 Å². The van der Waals surface area contributed by atoms with Crippen LogP contribution in [0.4, 0.5) is 13.2 Å². The minimum atomic E-state index is -4.69. The van der Waals surface area contributed by atoms with Crippen molar-refractivity contribution < 1.29 is 22.3 Å². The van der Waals surface area contributed by atoms with Gasteiger partial charge in [-0.1, -0.05) is 18.2 Å². The first-order valence-corrected chi connectivity index (χ1v) is 6.06. The maximum absolute atomic E-state index is 12.3. The number of rotatable bonds is 5. The summed E-state index contributed by atoms with van der Waals surface area (Å²) in [5, 5.41) is 3.09. The fourth-order valence-corrected chi connectivity index (χ4v) is 1.78. The van der Waals surface area contributed by atoms with Gasteiger partial charge in [-0.05, 0) is 25.1 Å². The zero-order valence-corrected chi connectivity index (χ0v) is 10.8. The van der Waals surface area contributed by atoms with Gasteiger partial charge in [-0.2, -0.15) is 0 Å². The minimum Gasteiger partial charge on any atom is -0.468 e. The average molecular weight is 285 g/mol. The molecule has 1 aromatic carbocycles. The summed E-state index contributed by atoms with van der Waals surface area (Å²) in [5.74, 6) is 0.526. The molecule has 108 valence electrons. The lowest BCUT2D eigenvalue weighted by molar-refractivity contribution is -0.274. The Morgan fingerprint density at radius 3 is 2.60 bits per heavy atom. The topological polar surface area (TPSA) is 34.4 Å². The molecule has 6 heteroatoms. The molecule has 1 aromatic heterocycles. The van der Waals surface area contributed by atoms with Crippen molar-refractivity contribution in [1.82, 2.24) is 5.32 Å². The largest absolute Gasteiger partial charge is 0.573 e. The SMILES string of the molecule is C[C@@H](NCc1ccccc1OC(F)(F)F)c1ccco1. The second-order valence-corrected chi connectivity index (χ2v) is 4.27. The molecule has 0 aliphatic heterocycles. The summed E-state index contributed by atoms with van der Waals surface area (Å²) in [6.45, 7) is 2.11. The van der Waals surface area contributed by atoms with Crippen LogP contribution < -0.4 is 10.1 Å². The lowest BCUT2D eigenvalue weighted by Crippen LogP contribution is -2.21. The number of ether oxygens (including phenoxy) is 1. The van der Waals surface area contributed by atoms with Crippen LogP contribution in [0.2, 0.25) is 0 Å². The first-order valence-electron chi connectivity index (χ1n) is 6.06. The normalized spacial score (nSPS) is 13.2. The highest BCUT2D eigenvalue weighted by Crippen LogP contribution is 2.26. The zero-order chi connectivity index (χ0) is 14.6. The van der Waals surface area contributed by atoms with Crippen LogP contribution in [0, 0.1) is 0 Å². The molecule has 2 aromatic rings. The molecule has 0 radical (unpaired) electrons. The second kappa shape index (κ2) is 6.00. The van der Waals surface area contributed by atoms with Crippen LogP contribution in [0.25, 0.3) is 0 Å². The summed E-state index contributed by atoms with van der Waals surface area (Å²) in [7, 11) is 0. The predicted octanol–water partition coefficient (Wildman–Crippen LogP) is 4.03. The molecule has 1 atom stereocenters. The number of furan rings is 1. The molecule has 1 N–H and O–H groups in total. The number of benzene rings is 1. The molecule has 0 amide bonds. The Bertz CT molecular complexity index is 538. The van der Waals surface area contributed by atoms with Crippen molar-refractivity contribution in [2.75, 3.05) is 0 Å². The maximum Gasteiger partial charge on any atom is 0.573 e. The van der Waals surface area contributed by atoms with E-state index >= 15 is 0 Å². The van der Waals surface area contributed by atoms with Crippen LogP contribution in [0.15, 0.2) is 47.1 Å². The molecule has 3 nitrogen and oxygen atoms in total. The molecule has 0 saturated carbocycles. The van der Waals surface area contributed by atoms with Crippen LogP contribution in [-0.2, 0) is 6.54 Å². The summed E-state index contributed by atoms with van der Waals surface area (Å²) >= 11 is 0. The van der Waals surface area contributed by atoms with E-state index in [1.807, 2.05) is 6.92 Å². The van der Waals surface area contributed by atoms with E-state index in [1.165, 1.54) is 12.1 Å². The van der Waals surface area contributed by atoms with Gasteiger partial charge in [-0.25, -0.2) is 0 Å². The average Bonchev–Trinajstić information content (AvgIpc) is 2.89. The molecule has 0 saturated heterocycles. The van der Waals surface area contributed by atoms with Crippen molar-refractivity contribution in [2.45, 2.75) is 25.9 Å². The minimum absolute atomic E-state index is 0.107. The second-order valence-electron chi connectivity index (χ2n) is 4.27. The molecule has 0 bridgehead atoms. The summed E-state index contributed by atoms with van der Waals surface area (Å²) in [5.41, 5.74) is 0.434. The fourth-order valence-electron chi connectivity index (χ4n) is 1.78. The van der Waals surface area contributed by atoms with Gasteiger partial charge in [0.1, 0.15) is 11.5 Å². The highest BCUT2D eigenvalue weighted by Gasteiger charge is 2.31. The summed E-state index contributed by atoms with van der Waals surface area (Å²) in [6.07, 6.45) is -3.14. The van der Waals surface area contributed by atoms with E-state index in [-0.39, 0.29) is 18.3 Å². The predicted molar refractivity (Wildman–Crippen MR) is 67.1 cm³/mol. The van der Waals surface area contributed by atoms with Crippen molar-refractivity contribution in [2.24, 2.45) is 0 Å². The van der Waals surface area contributed by atoms with Gasteiger partial charge in [0.05, 0.1) is 12.3 Å². The van der Waals surface area contributed by atoms with Gasteiger partial charge in [0, 0.05) is 12.1 Å². The first kappa shape index (κ1) is 14.5. The quantitative estimate of drug-likeness (QED) is 0.900. The van der Waals surface area contributed by atoms with Gasteiger partial charge in [0.15, 0.2) is 0 Å². The third-order valence-corrected chi connectivity index (χ3v) is 2.77. The number of halogens is 3. The summed E-state index contributed by atoms with van der Waals surface area (Å²) < 4.78 is 46.1. The Balaban J connectivity index is 2.02. The van der Waals surface area contributed by atoms with Crippen molar-refractivity contribution in [3.05, 3.63) is 54.0 Å². The molecule has 0 unspecified atom stereocenters. The van der Waals surface area contributed by atoms with Gasteiger partial charge in [-0.3, -0.25) is 0 Å². The lowest BCUT2D eigenvalue weighted by atomic mass is 10.2. The Morgan fingerprint density at radius 1 is 1.20 bits per heavy atom. The van der Waals surface area contributed by atoms with Crippen LogP contribution in [0.5, 0.6) is 5.75 Å².